The zero-order valence-corrected chi connectivity index (χ0v) is 23.5. The number of ether oxygens (including phenoxy) is 1. The Morgan fingerprint density at radius 2 is 1.83 bits per heavy atom. The minimum Gasteiger partial charge on any atom is -0.480 e. The summed E-state index contributed by atoms with van der Waals surface area (Å²) < 4.78 is 95.9. The molecule has 0 amide bonds. The molecule has 0 saturated heterocycles. The van der Waals surface area contributed by atoms with E-state index in [1.165, 1.54) is 42.3 Å². The molecule has 0 unspecified atom stereocenters. The van der Waals surface area contributed by atoms with Crippen molar-refractivity contribution in [3.63, 3.8) is 0 Å². The van der Waals surface area contributed by atoms with E-state index in [-0.39, 0.29) is 51.9 Å². The van der Waals surface area contributed by atoms with Gasteiger partial charge in [0, 0.05) is 41.2 Å². The van der Waals surface area contributed by atoms with Crippen LogP contribution in [0.2, 0.25) is 0 Å². The predicted octanol–water partition coefficient (Wildman–Crippen LogP) is 6.16. The van der Waals surface area contributed by atoms with Crippen LogP contribution < -0.4 is 10.1 Å². The third-order valence-electron chi connectivity index (χ3n) is 6.66. The number of alkyl halides is 3. The number of imidazole rings is 1. The molecular formula is C27H26F4N6O4S. The number of benzene rings is 1. The van der Waals surface area contributed by atoms with E-state index in [4.69, 9.17) is 4.74 Å². The molecule has 0 aliphatic heterocycles. The number of halogens is 4. The number of pyridine rings is 1. The highest BCUT2D eigenvalue weighted by Crippen LogP contribution is 2.46. The van der Waals surface area contributed by atoms with E-state index < -0.39 is 33.6 Å². The number of anilines is 2. The Morgan fingerprint density at radius 1 is 1.14 bits per heavy atom. The molecule has 3 heterocycles. The summed E-state index contributed by atoms with van der Waals surface area (Å²) in [4.78, 5) is 16.3. The third-order valence-corrected chi connectivity index (χ3v) is 7.34. The lowest BCUT2D eigenvalue weighted by atomic mass is 10.0. The standard InChI is InChI=1S/C27H26F4N6O4S/c1-14(2)37-11-19(27(29,30)31)36-25(37)16-6-8-18(9-7-16)35-23-17(12-42(38,39)40)10-32-24(21(23)28)20-22(15-4-5-15)33-13-34-26(20)41-3/h6-11,13-15H,4-5,12H2,1-3H3,(H,32,35)(H,38,39,40). The molecular weight excluding hydrogens is 580 g/mol. The van der Waals surface area contributed by atoms with E-state index in [1.54, 1.807) is 13.8 Å². The first kappa shape index (κ1) is 29.4. The number of hydrogen-bond acceptors (Lipinski definition) is 8. The molecule has 222 valence electrons. The SMILES string of the molecule is COc1ncnc(C2CC2)c1-c1ncc(CS(=O)(=O)O)c(Nc2ccc(-c3nc(C(F)(F)F)cn3C(C)C)cc2)c1F. The van der Waals surface area contributed by atoms with Gasteiger partial charge in [0.2, 0.25) is 5.88 Å². The molecule has 15 heteroatoms. The monoisotopic (exact) mass is 606 g/mol. The maximum atomic E-state index is 16.2. The van der Waals surface area contributed by atoms with E-state index in [2.05, 4.69) is 25.3 Å². The average molecular weight is 607 g/mol. The van der Waals surface area contributed by atoms with Gasteiger partial charge < -0.3 is 14.6 Å². The second-order valence-electron chi connectivity index (χ2n) is 10.1. The van der Waals surface area contributed by atoms with E-state index in [0.29, 0.717) is 11.3 Å². The molecule has 0 bridgehead atoms. The van der Waals surface area contributed by atoms with Gasteiger partial charge in [-0.3, -0.25) is 9.54 Å². The van der Waals surface area contributed by atoms with Crippen molar-refractivity contribution in [1.29, 1.82) is 0 Å². The number of methoxy groups -OCH3 is 1. The highest BCUT2D eigenvalue weighted by atomic mass is 32.2. The molecule has 4 aromatic rings. The summed E-state index contributed by atoms with van der Waals surface area (Å²) in [5.74, 6) is -1.61. The molecule has 0 spiro atoms. The van der Waals surface area contributed by atoms with Crippen molar-refractivity contribution in [3.05, 3.63) is 65.8 Å². The van der Waals surface area contributed by atoms with Gasteiger partial charge in [0.05, 0.1) is 24.1 Å². The lowest BCUT2D eigenvalue weighted by Crippen LogP contribution is -2.10. The minimum atomic E-state index is -4.62. The topological polar surface area (TPSA) is 132 Å². The molecule has 1 aromatic carbocycles. The van der Waals surface area contributed by atoms with Gasteiger partial charge in [0.15, 0.2) is 11.5 Å². The molecule has 1 fully saturated rings. The van der Waals surface area contributed by atoms with E-state index in [9.17, 15) is 26.1 Å². The van der Waals surface area contributed by atoms with Gasteiger partial charge in [-0.1, -0.05) is 0 Å². The maximum Gasteiger partial charge on any atom is 0.434 e. The lowest BCUT2D eigenvalue weighted by molar-refractivity contribution is -0.140. The summed E-state index contributed by atoms with van der Waals surface area (Å²) in [6, 6.07) is 5.67. The smallest absolute Gasteiger partial charge is 0.434 e. The van der Waals surface area contributed by atoms with Crippen molar-refractivity contribution in [2.24, 2.45) is 0 Å². The fraction of sp³-hybridized carbons (Fsp3) is 0.333. The van der Waals surface area contributed by atoms with Crippen LogP contribution in [0.4, 0.5) is 28.9 Å². The molecule has 3 aromatic heterocycles. The normalized spacial score (nSPS) is 13.9. The first-order valence-electron chi connectivity index (χ1n) is 12.8. The fourth-order valence-electron chi connectivity index (χ4n) is 4.55. The largest absolute Gasteiger partial charge is 0.480 e. The average Bonchev–Trinajstić information content (AvgIpc) is 3.66. The van der Waals surface area contributed by atoms with Crippen LogP contribution in [-0.2, 0) is 22.0 Å². The van der Waals surface area contributed by atoms with Crippen LogP contribution >= 0.6 is 0 Å². The Labute approximate surface area is 238 Å². The van der Waals surface area contributed by atoms with Crippen LogP contribution in [-0.4, -0.2) is 44.6 Å². The summed E-state index contributed by atoms with van der Waals surface area (Å²) >= 11 is 0. The summed E-state index contributed by atoms with van der Waals surface area (Å²) in [6.07, 6.45) is 0.439. The molecule has 42 heavy (non-hydrogen) atoms. The molecule has 1 aliphatic rings. The highest BCUT2D eigenvalue weighted by molar-refractivity contribution is 7.85. The van der Waals surface area contributed by atoms with Crippen LogP contribution in [0, 0.1) is 5.82 Å². The fourth-order valence-corrected chi connectivity index (χ4v) is 5.16. The molecule has 0 radical (unpaired) electrons. The van der Waals surface area contributed by atoms with Gasteiger partial charge in [-0.25, -0.2) is 19.3 Å². The van der Waals surface area contributed by atoms with Crippen molar-refractivity contribution in [2.75, 3.05) is 12.4 Å². The molecule has 10 nitrogen and oxygen atoms in total. The zero-order chi connectivity index (χ0) is 30.4. The van der Waals surface area contributed by atoms with Crippen molar-refractivity contribution in [2.45, 2.75) is 50.6 Å². The molecule has 1 saturated carbocycles. The lowest BCUT2D eigenvalue weighted by Gasteiger charge is -2.17. The Bertz CT molecular complexity index is 1740. The van der Waals surface area contributed by atoms with E-state index in [1.807, 2.05) is 0 Å². The van der Waals surface area contributed by atoms with Crippen molar-refractivity contribution in [1.82, 2.24) is 24.5 Å². The van der Waals surface area contributed by atoms with Gasteiger partial charge in [-0.2, -0.15) is 21.6 Å². The Kier molecular flexibility index (Phi) is 7.66. The Balaban J connectivity index is 1.57. The molecule has 1 aliphatic carbocycles. The first-order chi connectivity index (χ1) is 19.8. The zero-order valence-electron chi connectivity index (χ0n) is 22.6. The second-order valence-corrected chi connectivity index (χ2v) is 11.6. The van der Waals surface area contributed by atoms with Crippen LogP contribution in [0.3, 0.4) is 0 Å². The van der Waals surface area contributed by atoms with Crippen LogP contribution in [0.1, 0.15) is 55.6 Å². The quantitative estimate of drug-likeness (QED) is 0.170. The maximum absolute atomic E-state index is 16.2. The molecule has 2 N–H and O–H groups in total. The third kappa shape index (κ3) is 6.06. The van der Waals surface area contributed by atoms with E-state index >= 15 is 4.39 Å². The number of nitrogens with one attached hydrogen (secondary N) is 1. The van der Waals surface area contributed by atoms with Gasteiger partial charge >= 0.3 is 6.18 Å². The van der Waals surface area contributed by atoms with E-state index in [0.717, 1.165) is 25.2 Å². The number of hydrogen-bond donors (Lipinski definition) is 2. The highest BCUT2D eigenvalue weighted by Gasteiger charge is 2.35. The van der Waals surface area contributed by atoms with Gasteiger partial charge in [-0.05, 0) is 51.0 Å². The van der Waals surface area contributed by atoms with Crippen LogP contribution in [0.5, 0.6) is 5.88 Å². The summed E-state index contributed by atoms with van der Waals surface area (Å²) in [5, 5.41) is 2.84. The Morgan fingerprint density at radius 3 is 2.40 bits per heavy atom. The summed E-state index contributed by atoms with van der Waals surface area (Å²) in [7, 11) is -3.20. The second kappa shape index (κ2) is 10.9. The number of rotatable bonds is 9. The Hall–Kier alpha value is -4.11. The molecule has 0 atom stereocenters. The van der Waals surface area contributed by atoms with Gasteiger partial charge in [-0.15, -0.1) is 0 Å². The predicted molar refractivity (Wildman–Crippen MR) is 145 cm³/mol. The number of nitrogens with zero attached hydrogens (tertiary/aromatic N) is 5. The van der Waals surface area contributed by atoms with Crippen molar-refractivity contribution >= 4 is 21.5 Å². The first-order valence-corrected chi connectivity index (χ1v) is 14.4. The summed E-state index contributed by atoms with van der Waals surface area (Å²) in [6.45, 7) is 3.45. The minimum absolute atomic E-state index is 0.0656. The molecule has 5 rings (SSSR count). The van der Waals surface area contributed by atoms with Gasteiger partial charge in [0.1, 0.15) is 23.6 Å². The van der Waals surface area contributed by atoms with Crippen molar-refractivity contribution in [3.8, 4) is 28.5 Å². The van der Waals surface area contributed by atoms with Gasteiger partial charge in [0.25, 0.3) is 10.1 Å². The van der Waals surface area contributed by atoms with Crippen LogP contribution in [0.25, 0.3) is 22.6 Å². The van der Waals surface area contributed by atoms with Crippen LogP contribution in [0.15, 0.2) is 43.0 Å². The van der Waals surface area contributed by atoms with Crippen molar-refractivity contribution < 1.29 is 35.3 Å². The summed E-state index contributed by atoms with van der Waals surface area (Å²) in [5.41, 5.74) is -0.199. The number of aromatic nitrogens is 5.